The Hall–Kier alpha value is -1.19. The molecule has 0 atom stereocenters. The van der Waals surface area contributed by atoms with Crippen molar-refractivity contribution in [2.75, 3.05) is 0 Å². The maximum atomic E-state index is 11.6. The molecule has 0 bridgehead atoms. The summed E-state index contributed by atoms with van der Waals surface area (Å²) in [6, 6.07) is 0. The van der Waals surface area contributed by atoms with Gasteiger partial charge in [-0.05, 0) is 27.7 Å². The standard InChI is InChI=1S/C12H21NO3/c1-7(2)11(16)13-12(5,6)10(8(3)14)9(4)15/h7,10H,1-6H3,(H,13,16). The van der Waals surface area contributed by atoms with Crippen LogP contribution in [0.5, 0.6) is 0 Å². The van der Waals surface area contributed by atoms with Crippen molar-refractivity contribution in [2.45, 2.75) is 47.1 Å². The lowest BCUT2D eigenvalue weighted by Gasteiger charge is -2.32. The zero-order valence-electron chi connectivity index (χ0n) is 10.9. The Morgan fingerprint density at radius 3 is 1.62 bits per heavy atom. The maximum Gasteiger partial charge on any atom is 0.222 e. The quantitative estimate of drug-likeness (QED) is 0.721. The van der Waals surface area contributed by atoms with Gasteiger partial charge in [0.05, 0.1) is 11.5 Å². The first kappa shape index (κ1) is 14.8. The molecule has 0 unspecified atom stereocenters. The Kier molecular flexibility index (Phi) is 4.84. The molecule has 0 aliphatic carbocycles. The van der Waals surface area contributed by atoms with E-state index in [1.54, 1.807) is 27.7 Å². The van der Waals surface area contributed by atoms with Crippen molar-refractivity contribution in [3.63, 3.8) is 0 Å². The average Bonchev–Trinajstić information content (AvgIpc) is 1.99. The maximum absolute atomic E-state index is 11.6. The van der Waals surface area contributed by atoms with Crippen LogP contribution >= 0.6 is 0 Å². The Bertz CT molecular complexity index is 291. The van der Waals surface area contributed by atoms with Crippen molar-refractivity contribution < 1.29 is 14.4 Å². The van der Waals surface area contributed by atoms with E-state index < -0.39 is 11.5 Å². The van der Waals surface area contributed by atoms with Gasteiger partial charge in [0.2, 0.25) is 5.91 Å². The fourth-order valence-electron chi connectivity index (χ4n) is 1.84. The van der Waals surface area contributed by atoms with Gasteiger partial charge in [-0.1, -0.05) is 13.8 Å². The Balaban J connectivity index is 4.93. The number of rotatable bonds is 5. The lowest BCUT2D eigenvalue weighted by molar-refractivity contribution is -0.135. The number of carbonyl (C=O) groups is 3. The van der Waals surface area contributed by atoms with Gasteiger partial charge in [-0.15, -0.1) is 0 Å². The first-order valence-corrected chi connectivity index (χ1v) is 5.42. The predicted molar refractivity (Wildman–Crippen MR) is 61.9 cm³/mol. The molecule has 0 spiro atoms. The highest BCUT2D eigenvalue weighted by atomic mass is 16.2. The lowest BCUT2D eigenvalue weighted by Crippen LogP contribution is -2.54. The third-order valence-corrected chi connectivity index (χ3v) is 2.50. The number of hydrogen-bond donors (Lipinski definition) is 1. The Labute approximate surface area is 96.8 Å². The van der Waals surface area contributed by atoms with E-state index in [0.717, 1.165) is 0 Å². The molecule has 0 aliphatic rings. The van der Waals surface area contributed by atoms with E-state index in [1.165, 1.54) is 13.8 Å². The van der Waals surface area contributed by atoms with E-state index in [9.17, 15) is 14.4 Å². The highest BCUT2D eigenvalue weighted by Crippen LogP contribution is 2.19. The normalized spacial score (nSPS) is 11.8. The molecule has 1 amide bonds. The molecule has 1 N–H and O–H groups in total. The summed E-state index contributed by atoms with van der Waals surface area (Å²) < 4.78 is 0. The molecule has 0 saturated carbocycles. The smallest absolute Gasteiger partial charge is 0.222 e. The summed E-state index contributed by atoms with van der Waals surface area (Å²) in [7, 11) is 0. The Morgan fingerprint density at radius 1 is 1.00 bits per heavy atom. The molecule has 92 valence electrons. The molecule has 0 fully saturated rings. The number of Topliss-reactive ketones (excluding diaryl/α,β-unsaturated/α-hetero) is 2. The largest absolute Gasteiger partial charge is 0.350 e. The fourth-order valence-corrected chi connectivity index (χ4v) is 1.84. The minimum atomic E-state index is -0.834. The molecule has 0 aliphatic heterocycles. The van der Waals surface area contributed by atoms with E-state index in [-0.39, 0.29) is 23.4 Å². The second-order valence-electron chi connectivity index (χ2n) is 5.02. The first-order chi connectivity index (χ1) is 7.09. The zero-order chi connectivity index (χ0) is 13.1. The summed E-state index contributed by atoms with van der Waals surface area (Å²) in [5.74, 6) is -1.55. The van der Waals surface area contributed by atoms with Gasteiger partial charge in [-0.25, -0.2) is 0 Å². The van der Waals surface area contributed by atoms with Gasteiger partial charge in [-0.2, -0.15) is 0 Å². The number of nitrogens with one attached hydrogen (secondary N) is 1. The van der Waals surface area contributed by atoms with Gasteiger partial charge in [-0.3, -0.25) is 14.4 Å². The molecular formula is C12H21NO3. The third-order valence-electron chi connectivity index (χ3n) is 2.50. The van der Waals surface area contributed by atoms with Crippen LogP contribution in [0.1, 0.15) is 41.5 Å². The summed E-state index contributed by atoms with van der Waals surface area (Å²) in [6.07, 6.45) is 0. The van der Waals surface area contributed by atoms with Gasteiger partial charge in [0.1, 0.15) is 11.6 Å². The third kappa shape index (κ3) is 3.76. The predicted octanol–water partition coefficient (Wildman–Crippen LogP) is 1.33. The van der Waals surface area contributed by atoms with Crippen LogP contribution in [0, 0.1) is 11.8 Å². The van der Waals surface area contributed by atoms with Gasteiger partial charge in [0, 0.05) is 5.92 Å². The number of carbonyl (C=O) groups excluding carboxylic acids is 3. The Morgan fingerprint density at radius 2 is 1.38 bits per heavy atom. The van der Waals surface area contributed by atoms with Gasteiger partial charge >= 0.3 is 0 Å². The molecule has 0 radical (unpaired) electrons. The topological polar surface area (TPSA) is 63.2 Å². The molecule has 4 heteroatoms. The molecule has 0 rings (SSSR count). The zero-order valence-corrected chi connectivity index (χ0v) is 10.9. The molecule has 0 aromatic heterocycles. The van der Waals surface area contributed by atoms with Crippen LogP contribution in [-0.2, 0) is 14.4 Å². The number of ketones is 2. The van der Waals surface area contributed by atoms with Crippen molar-refractivity contribution >= 4 is 17.5 Å². The van der Waals surface area contributed by atoms with Crippen molar-refractivity contribution in [2.24, 2.45) is 11.8 Å². The van der Waals surface area contributed by atoms with E-state index in [1.807, 2.05) is 0 Å². The number of hydrogen-bond acceptors (Lipinski definition) is 3. The minimum Gasteiger partial charge on any atom is -0.350 e. The van der Waals surface area contributed by atoms with Gasteiger partial charge < -0.3 is 5.32 Å². The van der Waals surface area contributed by atoms with E-state index in [4.69, 9.17) is 0 Å². The second kappa shape index (κ2) is 5.23. The average molecular weight is 227 g/mol. The van der Waals surface area contributed by atoms with Crippen LogP contribution in [0.3, 0.4) is 0 Å². The SMILES string of the molecule is CC(=O)C(C(C)=O)C(C)(C)NC(=O)C(C)C. The highest BCUT2D eigenvalue weighted by Gasteiger charge is 2.37. The number of amides is 1. The highest BCUT2D eigenvalue weighted by molar-refractivity contribution is 6.02. The fraction of sp³-hybridized carbons (Fsp3) is 0.750. The van der Waals surface area contributed by atoms with E-state index >= 15 is 0 Å². The minimum absolute atomic E-state index is 0.155. The molecule has 0 aromatic carbocycles. The summed E-state index contributed by atoms with van der Waals surface area (Å²) >= 11 is 0. The van der Waals surface area contributed by atoms with Crippen LogP contribution < -0.4 is 5.32 Å². The van der Waals surface area contributed by atoms with E-state index in [2.05, 4.69) is 5.32 Å². The van der Waals surface area contributed by atoms with Crippen LogP contribution in [0.4, 0.5) is 0 Å². The van der Waals surface area contributed by atoms with Gasteiger partial charge in [0.25, 0.3) is 0 Å². The first-order valence-electron chi connectivity index (χ1n) is 5.42. The summed E-state index contributed by atoms with van der Waals surface area (Å²) in [6.45, 7) is 9.66. The molecule has 16 heavy (non-hydrogen) atoms. The summed E-state index contributed by atoms with van der Waals surface area (Å²) in [5.41, 5.74) is -0.834. The van der Waals surface area contributed by atoms with E-state index in [0.29, 0.717) is 0 Å². The summed E-state index contributed by atoms with van der Waals surface area (Å²) in [4.78, 5) is 34.4. The molecule has 0 saturated heterocycles. The second-order valence-corrected chi connectivity index (χ2v) is 5.02. The van der Waals surface area contributed by atoms with Crippen molar-refractivity contribution in [3.8, 4) is 0 Å². The van der Waals surface area contributed by atoms with Crippen molar-refractivity contribution in [1.82, 2.24) is 5.32 Å². The molecule has 0 heterocycles. The van der Waals surface area contributed by atoms with Gasteiger partial charge in [0.15, 0.2) is 0 Å². The monoisotopic (exact) mass is 227 g/mol. The van der Waals surface area contributed by atoms with Crippen LogP contribution in [0.2, 0.25) is 0 Å². The molecular weight excluding hydrogens is 206 g/mol. The van der Waals surface area contributed by atoms with Crippen molar-refractivity contribution in [3.05, 3.63) is 0 Å². The molecule has 0 aromatic rings. The lowest BCUT2D eigenvalue weighted by atomic mass is 9.81. The van der Waals surface area contributed by atoms with Crippen LogP contribution in [0.15, 0.2) is 0 Å². The van der Waals surface area contributed by atoms with Crippen molar-refractivity contribution in [1.29, 1.82) is 0 Å². The van der Waals surface area contributed by atoms with Crippen LogP contribution in [0.25, 0.3) is 0 Å². The van der Waals surface area contributed by atoms with Crippen LogP contribution in [-0.4, -0.2) is 23.0 Å². The summed E-state index contributed by atoms with van der Waals surface area (Å²) in [5, 5.41) is 2.74. The molecule has 4 nitrogen and oxygen atoms in total.